The summed E-state index contributed by atoms with van der Waals surface area (Å²) in [6, 6.07) is 16.0. The number of amides is 1. The Kier molecular flexibility index (Phi) is 11.3. The predicted molar refractivity (Wildman–Crippen MR) is 171 cm³/mol. The van der Waals surface area contributed by atoms with Gasteiger partial charge in [0, 0.05) is 21.3 Å². The molecule has 1 heterocycles. The van der Waals surface area contributed by atoms with Crippen LogP contribution in [0.5, 0.6) is 11.5 Å². The van der Waals surface area contributed by atoms with Crippen LogP contribution in [-0.2, 0) is 20.9 Å². The number of hydrazone groups is 1. The van der Waals surface area contributed by atoms with Crippen molar-refractivity contribution in [2.45, 2.75) is 26.5 Å². The second-order valence-electron chi connectivity index (χ2n) is 9.13. The van der Waals surface area contributed by atoms with E-state index in [9.17, 15) is 14.0 Å². The summed E-state index contributed by atoms with van der Waals surface area (Å²) in [5, 5.41) is 10.5. The first-order valence-electron chi connectivity index (χ1n) is 13.0. The van der Waals surface area contributed by atoms with Crippen molar-refractivity contribution in [2.24, 2.45) is 5.10 Å². The van der Waals surface area contributed by atoms with Gasteiger partial charge in [-0.25, -0.2) is 14.6 Å². The highest BCUT2D eigenvalue weighted by atomic mass is 79.9. The number of rotatable bonds is 11. The predicted octanol–water partition coefficient (Wildman–Crippen LogP) is 5.81. The summed E-state index contributed by atoms with van der Waals surface area (Å²) in [5.41, 5.74) is 5.34. The second kappa shape index (κ2) is 15.1. The molecule has 9 nitrogen and oxygen atoms in total. The van der Waals surface area contributed by atoms with Crippen LogP contribution in [-0.4, -0.2) is 36.4 Å². The maximum Gasteiger partial charge on any atom is 0.338 e. The number of nitrogens with zero attached hydrogens (tertiary/aromatic N) is 1. The first-order chi connectivity index (χ1) is 20.7. The lowest BCUT2D eigenvalue weighted by Crippen LogP contribution is -2.45. The minimum Gasteiger partial charge on any atom is -0.487 e. The third kappa shape index (κ3) is 8.62. The smallest absolute Gasteiger partial charge is 0.338 e. The number of carbonyl (C=O) groups is 2. The van der Waals surface area contributed by atoms with Crippen molar-refractivity contribution < 1.29 is 28.2 Å². The summed E-state index contributed by atoms with van der Waals surface area (Å²) in [4.78, 5) is 25.4. The van der Waals surface area contributed by atoms with Gasteiger partial charge in [0.2, 0.25) is 0 Å². The molecular formula is C30H27Br2FN4O5S. The summed E-state index contributed by atoms with van der Waals surface area (Å²) in [7, 11) is 0. The maximum atomic E-state index is 13.2. The van der Waals surface area contributed by atoms with Gasteiger partial charge < -0.3 is 24.8 Å². The van der Waals surface area contributed by atoms with E-state index in [2.05, 4.69) is 53.0 Å². The molecule has 1 aliphatic heterocycles. The number of halogens is 3. The van der Waals surface area contributed by atoms with Crippen molar-refractivity contribution in [1.29, 1.82) is 0 Å². The second-order valence-corrected chi connectivity index (χ2v) is 11.3. The molecule has 0 radical (unpaired) electrons. The average Bonchev–Trinajstić information content (AvgIpc) is 2.96. The third-order valence-electron chi connectivity index (χ3n) is 6.08. The molecule has 0 saturated carbocycles. The molecule has 3 aromatic carbocycles. The van der Waals surface area contributed by atoms with Crippen LogP contribution < -0.4 is 25.5 Å². The molecule has 0 spiro atoms. The van der Waals surface area contributed by atoms with Gasteiger partial charge in [0.25, 0.3) is 5.91 Å². The molecule has 0 aromatic heterocycles. The molecule has 0 unspecified atom stereocenters. The van der Waals surface area contributed by atoms with Crippen molar-refractivity contribution in [2.75, 3.05) is 13.2 Å². The molecule has 13 heteroatoms. The van der Waals surface area contributed by atoms with Crippen molar-refractivity contribution >= 4 is 67.3 Å². The first kappa shape index (κ1) is 32.1. The van der Waals surface area contributed by atoms with Gasteiger partial charge in [-0.3, -0.25) is 4.79 Å². The normalized spacial score (nSPS) is 14.6. The molecule has 1 amide bonds. The monoisotopic (exact) mass is 732 g/mol. The number of thiocarbonyl (C=S) groups is 1. The summed E-state index contributed by atoms with van der Waals surface area (Å²) in [6.45, 7) is 3.53. The number of para-hydroxylation sites is 1. The lowest BCUT2D eigenvalue weighted by Gasteiger charge is -2.30. The van der Waals surface area contributed by atoms with Crippen LogP contribution in [0, 0.1) is 5.82 Å². The molecule has 0 aliphatic carbocycles. The van der Waals surface area contributed by atoms with Crippen LogP contribution in [0.15, 0.2) is 86.0 Å². The fourth-order valence-corrected chi connectivity index (χ4v) is 5.81. The van der Waals surface area contributed by atoms with E-state index in [0.717, 1.165) is 10.0 Å². The Morgan fingerprint density at radius 1 is 1.12 bits per heavy atom. The highest BCUT2D eigenvalue weighted by Gasteiger charge is 2.32. The van der Waals surface area contributed by atoms with Gasteiger partial charge in [-0.2, -0.15) is 5.10 Å². The Hall–Kier alpha value is -3.81. The Morgan fingerprint density at radius 2 is 1.86 bits per heavy atom. The van der Waals surface area contributed by atoms with Crippen LogP contribution >= 0.6 is 44.1 Å². The first-order valence-corrected chi connectivity index (χ1v) is 15.0. The highest BCUT2D eigenvalue weighted by Crippen LogP contribution is 2.34. The number of carbonyl (C=O) groups excluding carboxylic acids is 2. The molecule has 4 rings (SSSR count). The van der Waals surface area contributed by atoms with Gasteiger partial charge in [-0.1, -0.05) is 46.3 Å². The van der Waals surface area contributed by atoms with Crippen LogP contribution in [0.4, 0.5) is 4.39 Å². The molecule has 3 aromatic rings. The van der Waals surface area contributed by atoms with Gasteiger partial charge in [-0.05, 0) is 77.9 Å². The van der Waals surface area contributed by atoms with E-state index in [-0.39, 0.29) is 25.6 Å². The Balaban J connectivity index is 1.43. The van der Waals surface area contributed by atoms with Gasteiger partial charge >= 0.3 is 5.97 Å². The minimum absolute atomic E-state index is 0.199. The fraction of sp³-hybridized carbons (Fsp3) is 0.200. The zero-order chi connectivity index (χ0) is 30.9. The highest BCUT2D eigenvalue weighted by molar-refractivity contribution is 9.11. The molecule has 1 atom stereocenters. The zero-order valence-electron chi connectivity index (χ0n) is 23.1. The lowest BCUT2D eigenvalue weighted by molar-refractivity contribution is -0.139. The van der Waals surface area contributed by atoms with Gasteiger partial charge in [0.05, 0.1) is 28.9 Å². The number of allylic oxidation sites excluding steroid dienone is 1. The maximum absolute atomic E-state index is 13.2. The standard InChI is InChI=1S/C30H27Br2FN4O5S/c1-3-40-29(39)26-17(2)35-30(43)36-27(26)22-6-4-5-7-24(22)41-16-25(38)37-34-14-19-12-20(31)13-23(32)28(19)42-15-18-8-10-21(33)11-9-18/h4-14,27H,3,15-16H2,1-2H3,(H,37,38)(H2,35,36,43)/t27-/m0/s1. The van der Waals surface area contributed by atoms with E-state index in [4.69, 9.17) is 26.4 Å². The molecule has 224 valence electrons. The van der Waals surface area contributed by atoms with E-state index in [1.807, 2.05) is 6.07 Å². The Morgan fingerprint density at radius 3 is 2.60 bits per heavy atom. The number of esters is 1. The topological polar surface area (TPSA) is 110 Å². The van der Waals surface area contributed by atoms with Gasteiger partial charge in [-0.15, -0.1) is 0 Å². The largest absolute Gasteiger partial charge is 0.487 e. The number of nitrogens with one attached hydrogen (secondary N) is 3. The van der Waals surface area contributed by atoms with Crippen molar-refractivity contribution in [1.82, 2.24) is 16.1 Å². The molecule has 1 aliphatic rings. The third-order valence-corrected chi connectivity index (χ3v) is 7.35. The van der Waals surface area contributed by atoms with Crippen LogP contribution in [0.25, 0.3) is 0 Å². The van der Waals surface area contributed by atoms with Crippen LogP contribution in [0.2, 0.25) is 0 Å². The quantitative estimate of drug-likeness (QED) is 0.0981. The number of benzene rings is 3. The Labute approximate surface area is 270 Å². The van der Waals surface area contributed by atoms with Crippen LogP contribution in [0.1, 0.15) is 36.6 Å². The molecule has 0 bridgehead atoms. The summed E-state index contributed by atoms with van der Waals surface area (Å²) in [5.74, 6) is -0.464. The summed E-state index contributed by atoms with van der Waals surface area (Å²) < 4.78 is 31.7. The number of hydrogen-bond donors (Lipinski definition) is 3. The van der Waals surface area contributed by atoms with Crippen LogP contribution in [0.3, 0.4) is 0 Å². The van der Waals surface area contributed by atoms with E-state index in [0.29, 0.717) is 43.5 Å². The van der Waals surface area contributed by atoms with Crippen molar-refractivity contribution in [3.63, 3.8) is 0 Å². The van der Waals surface area contributed by atoms with E-state index >= 15 is 0 Å². The van der Waals surface area contributed by atoms with Crippen molar-refractivity contribution in [3.8, 4) is 11.5 Å². The summed E-state index contributed by atoms with van der Waals surface area (Å²) in [6.07, 6.45) is 1.44. The lowest BCUT2D eigenvalue weighted by atomic mass is 9.95. The van der Waals surface area contributed by atoms with E-state index in [1.165, 1.54) is 18.3 Å². The zero-order valence-corrected chi connectivity index (χ0v) is 27.1. The number of hydrogen-bond acceptors (Lipinski definition) is 7. The minimum atomic E-state index is -0.645. The Bertz CT molecular complexity index is 1580. The molecule has 0 fully saturated rings. The fourth-order valence-electron chi connectivity index (χ4n) is 4.17. The molecule has 43 heavy (non-hydrogen) atoms. The average molecular weight is 734 g/mol. The van der Waals surface area contributed by atoms with Gasteiger partial charge in [0.15, 0.2) is 11.7 Å². The summed E-state index contributed by atoms with van der Waals surface area (Å²) >= 11 is 12.3. The molecule has 0 saturated heterocycles. The SMILES string of the molecule is CCOC(=O)C1=C(C)NC(=S)N[C@H]1c1ccccc1OCC(=O)NN=Cc1cc(Br)cc(Br)c1OCc1ccc(F)cc1. The van der Waals surface area contributed by atoms with Crippen molar-refractivity contribution in [3.05, 3.63) is 103 Å². The molecule has 3 N–H and O–H groups in total. The van der Waals surface area contributed by atoms with E-state index in [1.54, 1.807) is 56.3 Å². The van der Waals surface area contributed by atoms with E-state index < -0.39 is 17.9 Å². The van der Waals surface area contributed by atoms with Gasteiger partial charge in [0.1, 0.15) is 23.9 Å². The number of ether oxygens (including phenoxy) is 3. The molecular weight excluding hydrogens is 707 g/mol.